The van der Waals surface area contributed by atoms with Crippen molar-refractivity contribution >= 4 is 23.1 Å². The van der Waals surface area contributed by atoms with E-state index >= 15 is 0 Å². The van der Waals surface area contributed by atoms with Crippen molar-refractivity contribution in [1.29, 1.82) is 0 Å². The standard InChI is InChI=1S/C16H17ClN2/c1-12-6-7-14-4-2-3-5-15(14)19(12)16-10-13(11-17)8-9-18-16/h2-5,8-10,12H,6-7,11H2,1H3. The molecule has 2 heterocycles. The molecule has 2 aromatic rings. The number of aryl methyl sites for hydroxylation is 1. The van der Waals surface area contributed by atoms with Crippen LogP contribution in [0.15, 0.2) is 42.6 Å². The molecule has 98 valence electrons. The van der Waals surface area contributed by atoms with E-state index in [0.29, 0.717) is 11.9 Å². The highest BCUT2D eigenvalue weighted by atomic mass is 35.5. The third kappa shape index (κ3) is 2.33. The van der Waals surface area contributed by atoms with Crippen molar-refractivity contribution in [3.05, 3.63) is 53.7 Å². The summed E-state index contributed by atoms with van der Waals surface area (Å²) in [5.41, 5.74) is 3.79. The Hall–Kier alpha value is -1.54. The fourth-order valence-corrected chi connectivity index (χ4v) is 2.88. The number of anilines is 2. The van der Waals surface area contributed by atoms with Gasteiger partial charge in [-0.3, -0.25) is 0 Å². The monoisotopic (exact) mass is 272 g/mol. The molecule has 1 aromatic carbocycles. The first-order chi connectivity index (χ1) is 9.29. The smallest absolute Gasteiger partial charge is 0.133 e. The molecule has 0 N–H and O–H groups in total. The summed E-state index contributed by atoms with van der Waals surface area (Å²) in [5, 5.41) is 0. The number of rotatable bonds is 2. The van der Waals surface area contributed by atoms with Gasteiger partial charge in [-0.15, -0.1) is 11.6 Å². The number of halogens is 1. The van der Waals surface area contributed by atoms with Gasteiger partial charge < -0.3 is 4.90 Å². The zero-order valence-electron chi connectivity index (χ0n) is 11.0. The Morgan fingerprint density at radius 3 is 3.00 bits per heavy atom. The quantitative estimate of drug-likeness (QED) is 0.758. The Balaban J connectivity index is 2.07. The van der Waals surface area contributed by atoms with Crippen molar-refractivity contribution in [2.75, 3.05) is 4.90 Å². The molecule has 0 fully saturated rings. The predicted molar refractivity (Wildman–Crippen MR) is 80.2 cm³/mol. The van der Waals surface area contributed by atoms with Crippen molar-refractivity contribution in [3.8, 4) is 0 Å². The van der Waals surface area contributed by atoms with Gasteiger partial charge in [0, 0.05) is 23.8 Å². The van der Waals surface area contributed by atoms with Crippen LogP contribution in [0.5, 0.6) is 0 Å². The molecule has 19 heavy (non-hydrogen) atoms. The van der Waals surface area contributed by atoms with Crippen LogP contribution in [0.4, 0.5) is 11.5 Å². The lowest BCUT2D eigenvalue weighted by atomic mass is 9.96. The van der Waals surface area contributed by atoms with Crippen LogP contribution in [0, 0.1) is 0 Å². The number of aromatic nitrogens is 1. The highest BCUT2D eigenvalue weighted by molar-refractivity contribution is 6.17. The molecular weight excluding hydrogens is 256 g/mol. The number of benzene rings is 1. The average molecular weight is 273 g/mol. The second kappa shape index (κ2) is 5.22. The van der Waals surface area contributed by atoms with Gasteiger partial charge in [-0.1, -0.05) is 18.2 Å². The van der Waals surface area contributed by atoms with Gasteiger partial charge in [0.2, 0.25) is 0 Å². The summed E-state index contributed by atoms with van der Waals surface area (Å²) in [4.78, 5) is 6.86. The Morgan fingerprint density at radius 1 is 1.32 bits per heavy atom. The molecule has 0 radical (unpaired) electrons. The second-order valence-electron chi connectivity index (χ2n) is 5.04. The fraction of sp³-hybridized carbons (Fsp3) is 0.312. The first-order valence-electron chi connectivity index (χ1n) is 6.67. The zero-order valence-corrected chi connectivity index (χ0v) is 11.8. The van der Waals surface area contributed by atoms with Crippen LogP contribution in [0.25, 0.3) is 0 Å². The molecule has 1 aromatic heterocycles. The van der Waals surface area contributed by atoms with Crippen LogP contribution >= 0.6 is 11.6 Å². The van der Waals surface area contributed by atoms with E-state index in [9.17, 15) is 0 Å². The Morgan fingerprint density at radius 2 is 2.16 bits per heavy atom. The topological polar surface area (TPSA) is 16.1 Å². The lowest BCUT2D eigenvalue weighted by Gasteiger charge is -2.36. The van der Waals surface area contributed by atoms with Gasteiger partial charge in [0.15, 0.2) is 0 Å². The SMILES string of the molecule is CC1CCc2ccccc2N1c1cc(CCl)ccn1. The maximum Gasteiger partial charge on any atom is 0.133 e. The van der Waals surface area contributed by atoms with Gasteiger partial charge in [0.05, 0.1) is 0 Å². The van der Waals surface area contributed by atoms with Crippen molar-refractivity contribution in [1.82, 2.24) is 4.98 Å². The van der Waals surface area contributed by atoms with Crippen LogP contribution < -0.4 is 4.90 Å². The summed E-state index contributed by atoms with van der Waals surface area (Å²) < 4.78 is 0. The second-order valence-corrected chi connectivity index (χ2v) is 5.31. The van der Waals surface area contributed by atoms with Gasteiger partial charge >= 0.3 is 0 Å². The maximum absolute atomic E-state index is 5.93. The van der Waals surface area contributed by atoms with Gasteiger partial charge in [-0.05, 0) is 49.1 Å². The van der Waals surface area contributed by atoms with Crippen LogP contribution in [-0.4, -0.2) is 11.0 Å². The highest BCUT2D eigenvalue weighted by Crippen LogP contribution is 2.35. The number of nitrogens with zero attached hydrogens (tertiary/aromatic N) is 2. The van der Waals surface area contributed by atoms with E-state index in [2.05, 4.69) is 47.1 Å². The van der Waals surface area contributed by atoms with Crippen molar-refractivity contribution in [3.63, 3.8) is 0 Å². The number of para-hydroxylation sites is 1. The number of fused-ring (bicyclic) bond motifs is 1. The van der Waals surface area contributed by atoms with Gasteiger partial charge in [-0.25, -0.2) is 4.98 Å². The molecule has 0 spiro atoms. The molecule has 0 saturated carbocycles. The summed E-state index contributed by atoms with van der Waals surface area (Å²) in [6.07, 6.45) is 4.14. The van der Waals surface area contributed by atoms with Crippen LogP contribution in [-0.2, 0) is 12.3 Å². The molecule has 3 rings (SSSR count). The zero-order chi connectivity index (χ0) is 13.2. The Labute approximate surface area is 119 Å². The van der Waals surface area contributed by atoms with E-state index in [0.717, 1.165) is 24.2 Å². The lowest BCUT2D eigenvalue weighted by molar-refractivity contribution is 0.613. The highest BCUT2D eigenvalue weighted by Gasteiger charge is 2.24. The van der Waals surface area contributed by atoms with Gasteiger partial charge in [0.1, 0.15) is 5.82 Å². The van der Waals surface area contributed by atoms with Crippen molar-refractivity contribution < 1.29 is 0 Å². The minimum Gasteiger partial charge on any atom is -0.323 e. The van der Waals surface area contributed by atoms with Crippen LogP contribution in [0.2, 0.25) is 0 Å². The maximum atomic E-state index is 5.93. The van der Waals surface area contributed by atoms with Crippen LogP contribution in [0.1, 0.15) is 24.5 Å². The molecule has 0 saturated heterocycles. The number of hydrogen-bond donors (Lipinski definition) is 0. The van der Waals surface area contributed by atoms with E-state index in [4.69, 9.17) is 11.6 Å². The van der Waals surface area contributed by atoms with E-state index in [1.54, 1.807) is 0 Å². The summed E-state index contributed by atoms with van der Waals surface area (Å²) in [5.74, 6) is 1.53. The van der Waals surface area contributed by atoms with E-state index in [1.807, 2.05) is 12.3 Å². The predicted octanol–water partition coefficient (Wildman–Crippen LogP) is 4.29. The molecule has 0 bridgehead atoms. The molecular formula is C16H17ClN2. The average Bonchev–Trinajstić information content (AvgIpc) is 2.47. The summed E-state index contributed by atoms with van der Waals surface area (Å²) in [7, 11) is 0. The van der Waals surface area contributed by atoms with Crippen molar-refractivity contribution in [2.24, 2.45) is 0 Å². The summed E-state index contributed by atoms with van der Waals surface area (Å²) >= 11 is 5.93. The Bertz CT molecular complexity index is 582. The summed E-state index contributed by atoms with van der Waals surface area (Å²) in [6, 6.07) is 13.1. The normalized spacial score (nSPS) is 18.2. The number of hydrogen-bond acceptors (Lipinski definition) is 2. The van der Waals surface area contributed by atoms with E-state index < -0.39 is 0 Å². The van der Waals surface area contributed by atoms with Gasteiger partial charge in [-0.2, -0.15) is 0 Å². The minimum atomic E-state index is 0.466. The molecule has 1 atom stereocenters. The molecule has 1 aliphatic rings. The summed E-state index contributed by atoms with van der Waals surface area (Å²) in [6.45, 7) is 2.25. The molecule has 0 amide bonds. The van der Waals surface area contributed by atoms with Crippen LogP contribution in [0.3, 0.4) is 0 Å². The molecule has 3 heteroatoms. The van der Waals surface area contributed by atoms with Crippen molar-refractivity contribution in [2.45, 2.75) is 31.7 Å². The molecule has 1 unspecified atom stereocenters. The molecule has 0 aliphatic carbocycles. The first kappa shape index (κ1) is 12.5. The lowest BCUT2D eigenvalue weighted by Crippen LogP contribution is -2.33. The molecule has 2 nitrogen and oxygen atoms in total. The number of alkyl halides is 1. The molecule has 1 aliphatic heterocycles. The third-order valence-electron chi connectivity index (χ3n) is 3.73. The van der Waals surface area contributed by atoms with E-state index in [1.165, 1.54) is 11.3 Å². The fourth-order valence-electron chi connectivity index (χ4n) is 2.71. The third-order valence-corrected chi connectivity index (χ3v) is 4.04. The van der Waals surface area contributed by atoms with E-state index in [-0.39, 0.29) is 0 Å². The largest absolute Gasteiger partial charge is 0.323 e. The Kier molecular flexibility index (Phi) is 3.43. The minimum absolute atomic E-state index is 0.466. The first-order valence-corrected chi connectivity index (χ1v) is 7.21. The number of pyridine rings is 1. The van der Waals surface area contributed by atoms with Gasteiger partial charge in [0.25, 0.3) is 0 Å².